The second kappa shape index (κ2) is 7.63. The number of rotatable bonds is 6. The van der Waals surface area contributed by atoms with Crippen LogP contribution in [0.4, 0.5) is 0 Å². The molecule has 1 rings (SSSR count). The van der Waals surface area contributed by atoms with E-state index in [-0.39, 0.29) is 23.5 Å². The van der Waals surface area contributed by atoms with Crippen molar-refractivity contribution >= 4 is 11.7 Å². The van der Waals surface area contributed by atoms with Crippen molar-refractivity contribution in [1.29, 1.82) is 0 Å². The molecule has 1 aliphatic rings. The lowest BCUT2D eigenvalue weighted by Crippen LogP contribution is -2.41. The summed E-state index contributed by atoms with van der Waals surface area (Å²) in [5.74, 6) is 0.763. The van der Waals surface area contributed by atoms with Gasteiger partial charge in [-0.2, -0.15) is 0 Å². The normalized spacial score (nSPS) is 23.4. The lowest BCUT2D eigenvalue weighted by atomic mass is 9.76. The molecule has 0 spiro atoms. The van der Waals surface area contributed by atoms with Crippen molar-refractivity contribution in [3.8, 4) is 0 Å². The third-order valence-electron chi connectivity index (χ3n) is 4.03. The van der Waals surface area contributed by atoms with Crippen LogP contribution in [0, 0.1) is 11.8 Å². The summed E-state index contributed by atoms with van der Waals surface area (Å²) in [7, 11) is 5.90. The Labute approximate surface area is 117 Å². The molecule has 110 valence electrons. The van der Waals surface area contributed by atoms with Gasteiger partial charge in [0, 0.05) is 32.5 Å². The van der Waals surface area contributed by atoms with Gasteiger partial charge in [0.1, 0.15) is 5.78 Å². The molecule has 4 heteroatoms. The molecular formula is C15H28N2O2. The van der Waals surface area contributed by atoms with Gasteiger partial charge < -0.3 is 14.6 Å². The molecule has 0 aliphatic heterocycles. The number of ketones is 1. The highest BCUT2D eigenvalue weighted by atomic mass is 16.2. The van der Waals surface area contributed by atoms with Crippen molar-refractivity contribution in [2.45, 2.75) is 39.0 Å². The minimum Gasteiger partial charge on any atom is -0.344 e. The highest BCUT2D eigenvalue weighted by molar-refractivity contribution is 5.81. The van der Waals surface area contributed by atoms with E-state index in [0.29, 0.717) is 6.42 Å². The number of carbonyl (C=O) groups excluding carboxylic acids is 2. The Balaban J connectivity index is 2.58. The molecule has 2 atom stereocenters. The zero-order chi connectivity index (χ0) is 14.4. The van der Waals surface area contributed by atoms with Crippen molar-refractivity contribution in [1.82, 2.24) is 9.80 Å². The van der Waals surface area contributed by atoms with Gasteiger partial charge in [0.25, 0.3) is 0 Å². The van der Waals surface area contributed by atoms with Crippen LogP contribution in [0.25, 0.3) is 0 Å². The van der Waals surface area contributed by atoms with Gasteiger partial charge in [-0.1, -0.05) is 12.8 Å². The van der Waals surface area contributed by atoms with Gasteiger partial charge in [0.15, 0.2) is 0 Å². The van der Waals surface area contributed by atoms with Crippen molar-refractivity contribution in [3.05, 3.63) is 0 Å². The van der Waals surface area contributed by atoms with Crippen molar-refractivity contribution in [2.24, 2.45) is 11.8 Å². The molecule has 0 unspecified atom stereocenters. The fourth-order valence-corrected chi connectivity index (χ4v) is 2.89. The molecule has 4 nitrogen and oxygen atoms in total. The molecule has 19 heavy (non-hydrogen) atoms. The molecule has 1 amide bonds. The maximum absolute atomic E-state index is 12.5. The van der Waals surface area contributed by atoms with Crippen LogP contribution in [0.15, 0.2) is 0 Å². The Morgan fingerprint density at radius 1 is 1.05 bits per heavy atom. The van der Waals surface area contributed by atoms with E-state index in [1.165, 1.54) is 0 Å². The second-order valence-electron chi connectivity index (χ2n) is 6.12. The topological polar surface area (TPSA) is 40.6 Å². The van der Waals surface area contributed by atoms with Crippen LogP contribution in [0.1, 0.15) is 39.0 Å². The van der Waals surface area contributed by atoms with E-state index < -0.39 is 0 Å². The summed E-state index contributed by atoms with van der Waals surface area (Å²) >= 11 is 0. The molecule has 0 heterocycles. The summed E-state index contributed by atoms with van der Waals surface area (Å²) < 4.78 is 0. The van der Waals surface area contributed by atoms with E-state index in [9.17, 15) is 9.59 Å². The summed E-state index contributed by atoms with van der Waals surface area (Å²) in [6.45, 7) is 3.27. The van der Waals surface area contributed by atoms with Gasteiger partial charge in [-0.25, -0.2) is 0 Å². The summed E-state index contributed by atoms with van der Waals surface area (Å²) in [6.07, 6.45) is 4.81. The lowest BCUT2D eigenvalue weighted by Gasteiger charge is -2.33. The standard InChI is InChI=1S/C15H28N2O2/c1-12(18)11-13-7-5-6-8-14(13)15(19)17(4)10-9-16(2)3/h13-14H,5-11H2,1-4H3/t13-,14-/m0/s1. The number of nitrogens with zero attached hydrogens (tertiary/aromatic N) is 2. The Bertz CT molecular complexity index is 315. The van der Waals surface area contributed by atoms with E-state index in [0.717, 1.165) is 38.8 Å². The van der Waals surface area contributed by atoms with Gasteiger partial charge in [-0.15, -0.1) is 0 Å². The Morgan fingerprint density at radius 3 is 2.26 bits per heavy atom. The molecule has 1 saturated carbocycles. The Morgan fingerprint density at radius 2 is 1.68 bits per heavy atom. The minimum absolute atomic E-state index is 0.0600. The molecule has 1 fully saturated rings. The monoisotopic (exact) mass is 268 g/mol. The van der Waals surface area contributed by atoms with Crippen molar-refractivity contribution in [2.75, 3.05) is 34.2 Å². The van der Waals surface area contributed by atoms with Crippen LogP contribution in [0.3, 0.4) is 0 Å². The van der Waals surface area contributed by atoms with Crippen molar-refractivity contribution in [3.63, 3.8) is 0 Å². The van der Waals surface area contributed by atoms with E-state index in [1.807, 2.05) is 26.0 Å². The van der Waals surface area contributed by atoms with Crippen LogP contribution in [-0.4, -0.2) is 55.7 Å². The Kier molecular flexibility index (Phi) is 6.49. The van der Waals surface area contributed by atoms with E-state index >= 15 is 0 Å². The second-order valence-corrected chi connectivity index (χ2v) is 6.12. The first-order chi connectivity index (χ1) is 8.91. The average molecular weight is 268 g/mol. The van der Waals surface area contributed by atoms with Crippen LogP contribution in [0.5, 0.6) is 0 Å². The first kappa shape index (κ1) is 16.2. The first-order valence-electron chi connectivity index (χ1n) is 7.31. The Hall–Kier alpha value is -0.900. The van der Waals surface area contributed by atoms with Gasteiger partial charge in [-0.05, 0) is 39.8 Å². The summed E-state index contributed by atoms with van der Waals surface area (Å²) in [5, 5.41) is 0. The van der Waals surface area contributed by atoms with Gasteiger partial charge >= 0.3 is 0 Å². The number of Topliss-reactive ketones (excluding diaryl/α,β-unsaturated/α-hetero) is 1. The first-order valence-corrected chi connectivity index (χ1v) is 7.31. The lowest BCUT2D eigenvalue weighted by molar-refractivity contribution is -0.137. The van der Waals surface area contributed by atoms with Crippen LogP contribution >= 0.6 is 0 Å². The number of hydrogen-bond acceptors (Lipinski definition) is 3. The molecule has 0 N–H and O–H groups in total. The molecule has 0 saturated heterocycles. The third-order valence-corrected chi connectivity index (χ3v) is 4.03. The fraction of sp³-hybridized carbons (Fsp3) is 0.867. The molecule has 0 aromatic carbocycles. The maximum atomic E-state index is 12.5. The molecule has 0 aromatic heterocycles. The summed E-state index contributed by atoms with van der Waals surface area (Å²) in [5.41, 5.74) is 0. The molecule has 0 bridgehead atoms. The average Bonchev–Trinajstić information content (AvgIpc) is 2.35. The zero-order valence-corrected chi connectivity index (χ0v) is 12.8. The van der Waals surface area contributed by atoms with Gasteiger partial charge in [-0.3, -0.25) is 4.79 Å². The highest BCUT2D eigenvalue weighted by Gasteiger charge is 2.33. The summed E-state index contributed by atoms with van der Waals surface area (Å²) in [6, 6.07) is 0. The minimum atomic E-state index is 0.0600. The van der Waals surface area contributed by atoms with Crippen LogP contribution < -0.4 is 0 Å². The number of carbonyl (C=O) groups is 2. The number of amides is 1. The molecule has 0 aromatic rings. The highest BCUT2D eigenvalue weighted by Crippen LogP contribution is 2.33. The predicted octanol–water partition coefficient (Wildman–Crippen LogP) is 1.79. The van der Waals surface area contributed by atoms with Crippen LogP contribution in [-0.2, 0) is 9.59 Å². The third kappa shape index (κ3) is 5.31. The predicted molar refractivity (Wildman–Crippen MR) is 76.9 cm³/mol. The van der Waals surface area contributed by atoms with Gasteiger partial charge in [0.05, 0.1) is 0 Å². The largest absolute Gasteiger partial charge is 0.344 e. The van der Waals surface area contributed by atoms with E-state index in [1.54, 1.807) is 6.92 Å². The zero-order valence-electron chi connectivity index (χ0n) is 12.8. The van der Waals surface area contributed by atoms with Crippen molar-refractivity contribution < 1.29 is 9.59 Å². The quantitative estimate of drug-likeness (QED) is 0.737. The fourth-order valence-electron chi connectivity index (χ4n) is 2.89. The SMILES string of the molecule is CC(=O)C[C@@H]1CCCC[C@@H]1C(=O)N(C)CCN(C)C. The van der Waals surface area contributed by atoms with E-state index in [4.69, 9.17) is 0 Å². The number of likely N-dealkylation sites (N-methyl/N-ethyl adjacent to an activating group) is 2. The molecule has 1 aliphatic carbocycles. The van der Waals surface area contributed by atoms with Gasteiger partial charge in [0.2, 0.25) is 5.91 Å². The maximum Gasteiger partial charge on any atom is 0.225 e. The molecule has 0 radical (unpaired) electrons. The smallest absolute Gasteiger partial charge is 0.225 e. The number of hydrogen-bond donors (Lipinski definition) is 0. The van der Waals surface area contributed by atoms with Crippen LogP contribution in [0.2, 0.25) is 0 Å². The summed E-state index contributed by atoms with van der Waals surface area (Å²) in [4.78, 5) is 27.7. The van der Waals surface area contributed by atoms with E-state index in [2.05, 4.69) is 4.90 Å². The molecular weight excluding hydrogens is 240 g/mol.